The molecule has 1 N–H and O–H groups in total. The van der Waals surface area contributed by atoms with Crippen molar-refractivity contribution in [3.05, 3.63) is 58.1 Å². The summed E-state index contributed by atoms with van der Waals surface area (Å²) in [5.74, 6) is -0.234. The van der Waals surface area contributed by atoms with Crippen LogP contribution < -0.4 is 14.4 Å². The van der Waals surface area contributed by atoms with Crippen molar-refractivity contribution >= 4 is 50.7 Å². The summed E-state index contributed by atoms with van der Waals surface area (Å²) in [6.07, 6.45) is 3.06. The minimum atomic E-state index is -3.89. The first kappa shape index (κ1) is 29.7. The van der Waals surface area contributed by atoms with Crippen LogP contribution >= 0.6 is 23.2 Å². The summed E-state index contributed by atoms with van der Waals surface area (Å²) in [4.78, 5) is 28.1. The second-order valence-electron chi connectivity index (χ2n) is 8.34. The van der Waals surface area contributed by atoms with Crippen LogP contribution in [0, 0.1) is 0 Å². The number of amides is 2. The van der Waals surface area contributed by atoms with Gasteiger partial charge in [-0.1, -0.05) is 55.6 Å². The maximum Gasteiger partial charge on any atom is 0.244 e. The number of nitrogens with one attached hydrogen (secondary N) is 1. The van der Waals surface area contributed by atoms with Crippen LogP contribution in [0.2, 0.25) is 10.0 Å². The van der Waals surface area contributed by atoms with Crippen molar-refractivity contribution in [3.8, 4) is 5.75 Å². The molecule has 36 heavy (non-hydrogen) atoms. The predicted octanol–water partition coefficient (Wildman–Crippen LogP) is 4.49. The predicted molar refractivity (Wildman–Crippen MR) is 144 cm³/mol. The van der Waals surface area contributed by atoms with Crippen molar-refractivity contribution in [1.82, 2.24) is 10.2 Å². The Balaban J connectivity index is 2.45. The average Bonchev–Trinajstić information content (AvgIpc) is 2.81. The number of hydrogen-bond acceptors (Lipinski definition) is 5. The number of ether oxygens (including phenoxy) is 1. The molecule has 0 unspecified atom stereocenters. The van der Waals surface area contributed by atoms with E-state index in [4.69, 9.17) is 27.9 Å². The van der Waals surface area contributed by atoms with Crippen molar-refractivity contribution in [2.75, 3.05) is 30.8 Å². The Morgan fingerprint density at radius 1 is 1.08 bits per heavy atom. The van der Waals surface area contributed by atoms with Gasteiger partial charge in [0, 0.05) is 23.1 Å². The Bertz CT molecular complexity index is 1140. The van der Waals surface area contributed by atoms with Crippen LogP contribution in [0.4, 0.5) is 5.69 Å². The first-order valence-corrected chi connectivity index (χ1v) is 14.2. The van der Waals surface area contributed by atoms with E-state index in [-0.39, 0.29) is 28.2 Å². The molecule has 198 valence electrons. The molecule has 0 aromatic heterocycles. The zero-order valence-electron chi connectivity index (χ0n) is 21.0. The second-order valence-corrected chi connectivity index (χ2v) is 11.1. The third-order valence-corrected chi connectivity index (χ3v) is 7.09. The van der Waals surface area contributed by atoms with Crippen LogP contribution in [0.1, 0.15) is 38.7 Å². The molecule has 0 spiro atoms. The molecule has 11 heteroatoms. The van der Waals surface area contributed by atoms with Crippen LogP contribution in [-0.2, 0) is 26.2 Å². The smallest absolute Gasteiger partial charge is 0.244 e. The third kappa shape index (κ3) is 8.57. The molecule has 0 saturated heterocycles. The summed E-state index contributed by atoms with van der Waals surface area (Å²) < 4.78 is 31.6. The van der Waals surface area contributed by atoms with E-state index in [1.165, 1.54) is 30.2 Å². The lowest BCUT2D eigenvalue weighted by molar-refractivity contribution is -0.140. The Morgan fingerprint density at radius 2 is 1.75 bits per heavy atom. The summed E-state index contributed by atoms with van der Waals surface area (Å²) in [5, 5.41) is 3.34. The SMILES string of the molecule is CCCCNC(=O)[C@H](CC)N(Cc1cccc(OC)c1)C(=O)CN(c1cc(Cl)cc(Cl)c1)S(C)(=O)=O. The highest BCUT2D eigenvalue weighted by molar-refractivity contribution is 7.92. The fourth-order valence-electron chi connectivity index (χ4n) is 3.69. The number of methoxy groups -OCH3 is 1. The maximum absolute atomic E-state index is 13.7. The van der Waals surface area contributed by atoms with Crippen LogP contribution in [-0.4, -0.2) is 57.6 Å². The largest absolute Gasteiger partial charge is 0.497 e. The average molecular weight is 559 g/mol. The number of carbonyl (C=O) groups excluding carboxylic acids is 2. The number of carbonyl (C=O) groups is 2. The van der Waals surface area contributed by atoms with E-state index < -0.39 is 28.5 Å². The third-order valence-electron chi connectivity index (χ3n) is 5.52. The fraction of sp³-hybridized carbons (Fsp3) is 0.440. The first-order chi connectivity index (χ1) is 17.0. The Labute approximate surface area is 223 Å². The molecule has 0 aliphatic carbocycles. The Morgan fingerprint density at radius 3 is 2.31 bits per heavy atom. The number of halogens is 2. The monoisotopic (exact) mass is 557 g/mol. The number of anilines is 1. The van der Waals surface area contributed by atoms with Crippen LogP contribution in [0.25, 0.3) is 0 Å². The topological polar surface area (TPSA) is 96.0 Å². The van der Waals surface area contributed by atoms with E-state index >= 15 is 0 Å². The highest BCUT2D eigenvalue weighted by Crippen LogP contribution is 2.27. The first-order valence-electron chi connectivity index (χ1n) is 11.6. The van der Waals surface area contributed by atoms with Gasteiger partial charge in [-0.25, -0.2) is 8.42 Å². The molecule has 0 aliphatic rings. The van der Waals surface area contributed by atoms with E-state index in [1.54, 1.807) is 25.1 Å². The second kappa shape index (κ2) is 13.7. The lowest BCUT2D eigenvalue weighted by Gasteiger charge is -2.33. The van der Waals surface area contributed by atoms with E-state index in [0.29, 0.717) is 18.7 Å². The van der Waals surface area contributed by atoms with E-state index in [2.05, 4.69) is 5.32 Å². The molecule has 0 fully saturated rings. The van der Waals surface area contributed by atoms with Crippen LogP contribution in [0.15, 0.2) is 42.5 Å². The molecule has 1 atom stereocenters. The van der Waals surface area contributed by atoms with Gasteiger partial charge in [0.2, 0.25) is 21.8 Å². The molecule has 0 bridgehead atoms. The Kier molecular flexibility index (Phi) is 11.3. The summed E-state index contributed by atoms with van der Waals surface area (Å²) in [5.41, 5.74) is 0.893. The molecule has 0 saturated carbocycles. The van der Waals surface area contributed by atoms with E-state index in [1.807, 2.05) is 13.0 Å². The number of unbranched alkanes of at least 4 members (excludes halogenated alkanes) is 1. The summed E-state index contributed by atoms with van der Waals surface area (Å²) in [6, 6.07) is 10.7. The molecule has 0 radical (unpaired) electrons. The summed E-state index contributed by atoms with van der Waals surface area (Å²) in [7, 11) is -2.35. The number of sulfonamides is 1. The molecule has 0 aliphatic heterocycles. The number of hydrogen-bond donors (Lipinski definition) is 1. The minimum Gasteiger partial charge on any atom is -0.497 e. The standard InChI is InChI=1S/C25H33Cl2N3O5S/c1-5-7-11-28-25(32)23(6-2)29(16-18-9-8-10-22(12-18)35-3)24(31)17-30(36(4,33)34)21-14-19(26)13-20(27)15-21/h8-10,12-15,23H,5-7,11,16-17H2,1-4H3,(H,28,32)/t23-/m0/s1. The normalized spacial score (nSPS) is 12.1. The molecule has 2 aromatic carbocycles. The van der Waals surface area contributed by atoms with Gasteiger partial charge in [-0.15, -0.1) is 0 Å². The highest BCUT2D eigenvalue weighted by atomic mass is 35.5. The van der Waals surface area contributed by atoms with Gasteiger partial charge in [-0.3, -0.25) is 13.9 Å². The van der Waals surface area contributed by atoms with E-state index in [0.717, 1.165) is 29.0 Å². The zero-order chi connectivity index (χ0) is 26.9. The van der Waals surface area contributed by atoms with Gasteiger partial charge in [-0.2, -0.15) is 0 Å². The van der Waals surface area contributed by atoms with Gasteiger partial charge < -0.3 is 15.0 Å². The van der Waals surface area contributed by atoms with Crippen molar-refractivity contribution in [2.24, 2.45) is 0 Å². The lowest BCUT2D eigenvalue weighted by atomic mass is 10.1. The highest BCUT2D eigenvalue weighted by Gasteiger charge is 2.31. The minimum absolute atomic E-state index is 0.0869. The van der Waals surface area contributed by atoms with Crippen molar-refractivity contribution in [2.45, 2.75) is 45.7 Å². The van der Waals surface area contributed by atoms with Crippen LogP contribution in [0.5, 0.6) is 5.75 Å². The lowest BCUT2D eigenvalue weighted by Crippen LogP contribution is -2.52. The van der Waals surface area contributed by atoms with Crippen molar-refractivity contribution in [3.63, 3.8) is 0 Å². The molecular formula is C25H33Cl2N3O5S. The molecule has 8 nitrogen and oxygen atoms in total. The van der Waals surface area contributed by atoms with Gasteiger partial charge in [-0.05, 0) is 48.7 Å². The number of benzene rings is 2. The van der Waals surface area contributed by atoms with Gasteiger partial charge in [0.05, 0.1) is 19.1 Å². The quantitative estimate of drug-likeness (QED) is 0.366. The Hall–Kier alpha value is -2.49. The van der Waals surface area contributed by atoms with Gasteiger partial charge >= 0.3 is 0 Å². The van der Waals surface area contributed by atoms with Crippen LogP contribution in [0.3, 0.4) is 0 Å². The maximum atomic E-state index is 13.7. The van der Waals surface area contributed by atoms with Crippen molar-refractivity contribution in [1.29, 1.82) is 0 Å². The van der Waals surface area contributed by atoms with Crippen molar-refractivity contribution < 1.29 is 22.7 Å². The zero-order valence-corrected chi connectivity index (χ0v) is 23.3. The number of rotatable bonds is 13. The molecule has 2 amide bonds. The fourth-order valence-corrected chi connectivity index (χ4v) is 5.04. The van der Waals surface area contributed by atoms with Gasteiger partial charge in [0.1, 0.15) is 18.3 Å². The summed E-state index contributed by atoms with van der Waals surface area (Å²) >= 11 is 12.2. The molecule has 0 heterocycles. The molecule has 2 rings (SSSR count). The summed E-state index contributed by atoms with van der Waals surface area (Å²) in [6.45, 7) is 3.87. The molecule has 2 aromatic rings. The van der Waals surface area contributed by atoms with Gasteiger partial charge in [0.15, 0.2) is 0 Å². The van der Waals surface area contributed by atoms with Gasteiger partial charge in [0.25, 0.3) is 0 Å². The van der Waals surface area contributed by atoms with E-state index in [9.17, 15) is 18.0 Å². The molecular weight excluding hydrogens is 525 g/mol. The number of nitrogens with zero attached hydrogens (tertiary/aromatic N) is 2.